The van der Waals surface area contributed by atoms with Gasteiger partial charge in [0, 0.05) is 49.5 Å². The minimum Gasteiger partial charge on any atom is -0.339 e. The van der Waals surface area contributed by atoms with Crippen molar-refractivity contribution in [1.82, 2.24) is 19.9 Å². The normalized spacial score (nSPS) is 24.3. The molecule has 5 nitrogen and oxygen atoms in total. The van der Waals surface area contributed by atoms with Gasteiger partial charge >= 0.3 is 0 Å². The number of nitrogens with zero attached hydrogens (tertiary/aromatic N) is 5. The molecule has 5 rings (SSSR count). The number of aryl methyl sites for hydroxylation is 2. The zero-order valence-electron chi connectivity index (χ0n) is 14.5. The number of anilines is 1. The van der Waals surface area contributed by atoms with E-state index in [1.165, 1.54) is 35.0 Å². The molecule has 0 radical (unpaired) electrons. The molecule has 2 aromatic heterocycles. The van der Waals surface area contributed by atoms with E-state index >= 15 is 0 Å². The van der Waals surface area contributed by atoms with Crippen LogP contribution in [0.3, 0.4) is 0 Å². The van der Waals surface area contributed by atoms with Crippen LogP contribution in [0.1, 0.15) is 35.3 Å². The lowest BCUT2D eigenvalue weighted by Crippen LogP contribution is -2.43. The third-order valence-corrected chi connectivity index (χ3v) is 6.23. The monoisotopic (exact) mass is 343 g/mol. The third-order valence-electron chi connectivity index (χ3n) is 5.23. The summed E-state index contributed by atoms with van der Waals surface area (Å²) < 4.78 is 0. The van der Waals surface area contributed by atoms with Crippen molar-refractivity contribution in [3.05, 3.63) is 34.0 Å². The van der Waals surface area contributed by atoms with Gasteiger partial charge in [-0.05, 0) is 38.2 Å². The smallest absolute Gasteiger partial charge is 0.225 e. The summed E-state index contributed by atoms with van der Waals surface area (Å²) in [6.45, 7) is 8.70. The Morgan fingerprint density at radius 3 is 2.79 bits per heavy atom. The Kier molecular flexibility index (Phi) is 4.50. The highest BCUT2D eigenvalue weighted by Crippen LogP contribution is 2.32. The number of rotatable bonds is 4. The molecule has 0 aliphatic carbocycles. The zero-order valence-corrected chi connectivity index (χ0v) is 15.3. The fourth-order valence-corrected chi connectivity index (χ4v) is 5.14. The first kappa shape index (κ1) is 16.0. The van der Waals surface area contributed by atoms with E-state index in [0.29, 0.717) is 12.0 Å². The lowest BCUT2D eigenvalue weighted by molar-refractivity contribution is 0.127. The highest BCUT2D eigenvalue weighted by atomic mass is 32.1. The van der Waals surface area contributed by atoms with Gasteiger partial charge in [-0.2, -0.15) is 0 Å². The molecule has 2 atom stereocenters. The molecule has 3 fully saturated rings. The van der Waals surface area contributed by atoms with Crippen LogP contribution in [0, 0.1) is 12.8 Å². The zero-order chi connectivity index (χ0) is 16.5. The van der Waals surface area contributed by atoms with Gasteiger partial charge in [0.25, 0.3) is 0 Å². The second-order valence-corrected chi connectivity index (χ2v) is 8.22. The van der Waals surface area contributed by atoms with E-state index in [1.54, 1.807) is 0 Å². The van der Waals surface area contributed by atoms with Crippen LogP contribution in [0.2, 0.25) is 0 Å². The summed E-state index contributed by atoms with van der Waals surface area (Å²) in [7, 11) is 0. The summed E-state index contributed by atoms with van der Waals surface area (Å²) in [5.41, 5.74) is 1.29. The lowest BCUT2D eigenvalue weighted by Gasteiger charge is -2.35. The van der Waals surface area contributed by atoms with Crippen molar-refractivity contribution in [2.24, 2.45) is 5.92 Å². The molecule has 2 aromatic rings. The maximum absolute atomic E-state index is 4.70. The Labute approximate surface area is 147 Å². The molecule has 0 N–H and O–H groups in total. The Balaban J connectivity index is 1.52. The van der Waals surface area contributed by atoms with E-state index in [1.807, 2.05) is 29.8 Å². The van der Waals surface area contributed by atoms with E-state index in [4.69, 9.17) is 4.98 Å². The quantitative estimate of drug-likeness (QED) is 0.854. The molecule has 6 heteroatoms. The number of thiazole rings is 1. The number of fused-ring (bicyclic) bond motifs is 4. The molecule has 128 valence electrons. The van der Waals surface area contributed by atoms with Crippen molar-refractivity contribution in [2.75, 3.05) is 24.5 Å². The molecule has 3 aliphatic rings. The molecule has 3 saturated heterocycles. The largest absolute Gasteiger partial charge is 0.339 e. The molecule has 0 aromatic carbocycles. The van der Waals surface area contributed by atoms with Crippen molar-refractivity contribution >= 4 is 17.3 Å². The van der Waals surface area contributed by atoms with Crippen LogP contribution in [0.4, 0.5) is 5.95 Å². The second-order valence-electron chi connectivity index (χ2n) is 6.94. The van der Waals surface area contributed by atoms with Gasteiger partial charge in [0.15, 0.2) is 0 Å². The molecular weight excluding hydrogens is 318 g/mol. The summed E-state index contributed by atoms with van der Waals surface area (Å²) >= 11 is 1.87. The fraction of sp³-hybridized carbons (Fsp3) is 0.611. The molecule has 0 amide bonds. The maximum Gasteiger partial charge on any atom is 0.225 e. The van der Waals surface area contributed by atoms with E-state index in [9.17, 15) is 0 Å². The van der Waals surface area contributed by atoms with E-state index in [2.05, 4.69) is 33.6 Å². The Bertz CT molecular complexity index is 686. The topological polar surface area (TPSA) is 45.2 Å². The maximum atomic E-state index is 4.70. The molecule has 5 heterocycles. The number of hydrogen-bond donors (Lipinski definition) is 0. The van der Waals surface area contributed by atoms with Gasteiger partial charge in [-0.1, -0.05) is 6.92 Å². The van der Waals surface area contributed by atoms with E-state index < -0.39 is 0 Å². The molecule has 2 bridgehead atoms. The van der Waals surface area contributed by atoms with E-state index in [0.717, 1.165) is 32.0 Å². The number of piperidine rings is 1. The standard InChI is InChI=1S/C18H25N5S/c1-3-16-17(24-13(2)21-16)12-22-9-14-5-6-15(22)11-23(10-14)18-19-7-4-8-20-18/h4,7-8,14-15H,3,5-6,9-12H2,1-2H3/t14-,15-/m0/s1. The first-order chi connectivity index (χ1) is 11.7. The van der Waals surface area contributed by atoms with Crippen LogP contribution < -0.4 is 4.90 Å². The van der Waals surface area contributed by atoms with Crippen molar-refractivity contribution in [3.63, 3.8) is 0 Å². The van der Waals surface area contributed by atoms with Gasteiger partial charge in [0.05, 0.1) is 10.7 Å². The van der Waals surface area contributed by atoms with Crippen molar-refractivity contribution in [1.29, 1.82) is 0 Å². The van der Waals surface area contributed by atoms with Gasteiger partial charge < -0.3 is 4.90 Å². The summed E-state index contributed by atoms with van der Waals surface area (Å²) in [5, 5.41) is 1.20. The van der Waals surface area contributed by atoms with Crippen LogP contribution in [-0.4, -0.2) is 45.5 Å². The molecule has 0 spiro atoms. The van der Waals surface area contributed by atoms with Crippen molar-refractivity contribution in [3.8, 4) is 0 Å². The third kappa shape index (κ3) is 3.17. The Morgan fingerprint density at radius 2 is 2.00 bits per heavy atom. The first-order valence-corrected chi connectivity index (χ1v) is 9.75. The average Bonchev–Trinajstić information content (AvgIpc) is 2.76. The highest BCUT2D eigenvalue weighted by Gasteiger charge is 2.36. The van der Waals surface area contributed by atoms with Crippen LogP contribution >= 0.6 is 11.3 Å². The fourth-order valence-electron chi connectivity index (χ4n) is 4.09. The van der Waals surface area contributed by atoms with Crippen molar-refractivity contribution < 1.29 is 0 Å². The molecule has 24 heavy (non-hydrogen) atoms. The molecule has 3 aliphatic heterocycles. The van der Waals surface area contributed by atoms with Gasteiger partial charge in [0.1, 0.15) is 0 Å². The summed E-state index contributed by atoms with van der Waals surface area (Å²) in [5.74, 6) is 1.60. The van der Waals surface area contributed by atoms with Gasteiger partial charge in [-0.3, -0.25) is 4.90 Å². The Hall–Kier alpha value is -1.53. The van der Waals surface area contributed by atoms with Gasteiger partial charge in [0.2, 0.25) is 5.95 Å². The second kappa shape index (κ2) is 6.76. The summed E-state index contributed by atoms with van der Waals surface area (Å²) in [6, 6.07) is 2.49. The average molecular weight is 344 g/mol. The van der Waals surface area contributed by atoms with E-state index in [-0.39, 0.29) is 0 Å². The molecular formula is C18H25N5S. The summed E-state index contributed by atoms with van der Waals surface area (Å²) in [6.07, 6.45) is 7.34. The minimum atomic E-state index is 0.597. The van der Waals surface area contributed by atoms with Gasteiger partial charge in [-0.25, -0.2) is 15.0 Å². The minimum absolute atomic E-state index is 0.597. The highest BCUT2D eigenvalue weighted by molar-refractivity contribution is 7.11. The van der Waals surface area contributed by atoms with Crippen LogP contribution in [0.5, 0.6) is 0 Å². The number of aromatic nitrogens is 3. The molecule has 0 saturated carbocycles. The predicted octanol–water partition coefficient (Wildman–Crippen LogP) is 2.90. The number of hydrogen-bond acceptors (Lipinski definition) is 6. The van der Waals surface area contributed by atoms with Crippen LogP contribution in [-0.2, 0) is 13.0 Å². The SMILES string of the molecule is CCc1nc(C)sc1CN1C[C@@H]2CC[C@H]1CN(c1ncccn1)C2. The predicted molar refractivity (Wildman–Crippen MR) is 97.4 cm³/mol. The Morgan fingerprint density at radius 1 is 1.17 bits per heavy atom. The van der Waals surface area contributed by atoms with Crippen LogP contribution in [0.25, 0.3) is 0 Å². The first-order valence-electron chi connectivity index (χ1n) is 8.94. The van der Waals surface area contributed by atoms with Crippen molar-refractivity contribution in [2.45, 2.75) is 45.7 Å². The van der Waals surface area contributed by atoms with Crippen LogP contribution in [0.15, 0.2) is 18.5 Å². The van der Waals surface area contributed by atoms with Gasteiger partial charge in [-0.15, -0.1) is 11.3 Å². The lowest BCUT2D eigenvalue weighted by atomic mass is 9.95. The summed E-state index contributed by atoms with van der Waals surface area (Å²) in [4.78, 5) is 20.2. The molecule has 0 unspecified atom stereocenters.